The van der Waals surface area contributed by atoms with Gasteiger partial charge in [0, 0.05) is 19.1 Å². The minimum Gasteiger partial charge on any atom is -0.461 e. The van der Waals surface area contributed by atoms with E-state index in [4.69, 9.17) is 9.84 Å². The van der Waals surface area contributed by atoms with Crippen LogP contribution < -0.4 is 5.56 Å². The second-order valence-corrected chi connectivity index (χ2v) is 3.61. The zero-order valence-corrected chi connectivity index (χ0v) is 9.84. The number of hydrogen-bond donors (Lipinski definition) is 2. The van der Waals surface area contributed by atoms with Crippen molar-refractivity contribution in [3.05, 3.63) is 33.9 Å². The third-order valence-corrected chi connectivity index (χ3v) is 2.49. The average Bonchev–Trinajstić information content (AvgIpc) is 2.81. The molecule has 0 spiro atoms. The van der Waals surface area contributed by atoms with Crippen LogP contribution in [0.4, 0.5) is 0 Å². The van der Waals surface area contributed by atoms with Gasteiger partial charge in [-0.25, -0.2) is 4.79 Å². The Balaban J connectivity index is 2.65. The van der Waals surface area contributed by atoms with Gasteiger partial charge in [0.05, 0.1) is 18.4 Å². The van der Waals surface area contributed by atoms with Gasteiger partial charge < -0.3 is 14.8 Å². The Hall–Kier alpha value is -2.15. The van der Waals surface area contributed by atoms with Crippen LogP contribution in [0.3, 0.4) is 0 Å². The molecule has 7 nitrogen and oxygen atoms in total. The van der Waals surface area contributed by atoms with Gasteiger partial charge in [-0.3, -0.25) is 4.79 Å². The first-order valence-corrected chi connectivity index (χ1v) is 5.56. The van der Waals surface area contributed by atoms with E-state index >= 15 is 0 Å². The molecule has 0 fully saturated rings. The third kappa shape index (κ3) is 2.00. The van der Waals surface area contributed by atoms with E-state index in [0.717, 1.165) is 4.52 Å². The Morgan fingerprint density at radius 2 is 2.39 bits per heavy atom. The summed E-state index contributed by atoms with van der Waals surface area (Å²) < 4.78 is 6.02. The van der Waals surface area contributed by atoms with Crippen molar-refractivity contribution in [1.82, 2.24) is 14.6 Å². The number of aliphatic hydroxyl groups excluding tert-OH is 1. The van der Waals surface area contributed by atoms with Crippen LogP contribution in [0.15, 0.2) is 17.1 Å². The number of aromatic amines is 1. The van der Waals surface area contributed by atoms with Crippen molar-refractivity contribution < 1.29 is 14.6 Å². The monoisotopic (exact) mass is 251 g/mol. The number of rotatable bonds is 4. The van der Waals surface area contributed by atoms with E-state index in [1.54, 1.807) is 13.0 Å². The number of aromatic nitrogens is 3. The Kier molecular flexibility index (Phi) is 3.42. The van der Waals surface area contributed by atoms with E-state index in [9.17, 15) is 9.59 Å². The first-order valence-electron chi connectivity index (χ1n) is 5.56. The normalized spacial score (nSPS) is 10.8. The minimum atomic E-state index is -0.609. The SMILES string of the molecule is CCOC(=O)c1[nH]c2ccnn2c(=O)c1CCO. The van der Waals surface area contributed by atoms with Gasteiger partial charge in [-0.15, -0.1) is 0 Å². The zero-order valence-electron chi connectivity index (χ0n) is 9.84. The number of hydrogen-bond acceptors (Lipinski definition) is 5. The number of aliphatic hydroxyl groups is 1. The van der Waals surface area contributed by atoms with E-state index in [1.807, 2.05) is 0 Å². The molecule has 18 heavy (non-hydrogen) atoms. The number of nitrogens with zero attached hydrogens (tertiary/aromatic N) is 2. The molecule has 0 saturated heterocycles. The predicted octanol–water partition coefficient (Wildman–Crippen LogP) is -0.266. The van der Waals surface area contributed by atoms with Gasteiger partial charge in [0.2, 0.25) is 0 Å². The molecule has 0 atom stereocenters. The Morgan fingerprint density at radius 1 is 1.61 bits per heavy atom. The summed E-state index contributed by atoms with van der Waals surface area (Å²) in [4.78, 5) is 26.6. The Bertz CT molecular complexity index is 629. The van der Waals surface area contributed by atoms with Crippen molar-refractivity contribution in [1.29, 1.82) is 0 Å². The summed E-state index contributed by atoms with van der Waals surface area (Å²) in [7, 11) is 0. The lowest BCUT2D eigenvalue weighted by Gasteiger charge is -2.08. The predicted molar refractivity (Wildman–Crippen MR) is 62.6 cm³/mol. The van der Waals surface area contributed by atoms with E-state index in [1.165, 1.54) is 6.20 Å². The number of carbonyl (C=O) groups excluding carboxylic acids is 1. The average molecular weight is 251 g/mol. The number of carbonyl (C=O) groups is 1. The minimum absolute atomic E-state index is 0.0687. The molecular weight excluding hydrogens is 238 g/mol. The maximum atomic E-state index is 12.1. The summed E-state index contributed by atoms with van der Waals surface area (Å²) in [5, 5.41) is 12.8. The van der Waals surface area contributed by atoms with Gasteiger partial charge in [-0.05, 0) is 6.92 Å². The van der Waals surface area contributed by atoms with Gasteiger partial charge in [0.1, 0.15) is 11.3 Å². The summed E-state index contributed by atoms with van der Waals surface area (Å²) in [5.41, 5.74) is 0.228. The quantitative estimate of drug-likeness (QED) is 0.729. The lowest BCUT2D eigenvalue weighted by molar-refractivity contribution is 0.0517. The van der Waals surface area contributed by atoms with Crippen LogP contribution in [-0.4, -0.2) is 38.9 Å². The molecule has 0 radical (unpaired) electrons. The molecule has 0 amide bonds. The molecule has 0 aliphatic heterocycles. The summed E-state index contributed by atoms with van der Waals surface area (Å²) in [6, 6.07) is 1.58. The highest BCUT2D eigenvalue weighted by atomic mass is 16.5. The lowest BCUT2D eigenvalue weighted by Crippen LogP contribution is -2.26. The summed E-state index contributed by atoms with van der Waals surface area (Å²) >= 11 is 0. The van der Waals surface area contributed by atoms with Crippen molar-refractivity contribution in [2.75, 3.05) is 13.2 Å². The molecule has 0 bridgehead atoms. The molecule has 0 aromatic carbocycles. The van der Waals surface area contributed by atoms with Crippen LogP contribution in [0.25, 0.3) is 5.65 Å². The number of ether oxygens (including phenoxy) is 1. The van der Waals surface area contributed by atoms with E-state index < -0.39 is 11.5 Å². The van der Waals surface area contributed by atoms with Crippen LogP contribution in [0.1, 0.15) is 23.0 Å². The molecule has 2 aromatic heterocycles. The largest absolute Gasteiger partial charge is 0.461 e. The summed E-state index contributed by atoms with van der Waals surface area (Å²) in [6.07, 6.45) is 1.52. The van der Waals surface area contributed by atoms with E-state index in [0.29, 0.717) is 5.65 Å². The maximum absolute atomic E-state index is 12.1. The molecule has 0 aliphatic rings. The van der Waals surface area contributed by atoms with E-state index in [2.05, 4.69) is 10.1 Å². The van der Waals surface area contributed by atoms with Gasteiger partial charge in [0.25, 0.3) is 5.56 Å². The van der Waals surface area contributed by atoms with Crippen LogP contribution in [-0.2, 0) is 11.2 Å². The van der Waals surface area contributed by atoms with Gasteiger partial charge in [0.15, 0.2) is 0 Å². The Labute approximate surface area is 102 Å². The third-order valence-electron chi connectivity index (χ3n) is 2.49. The number of nitrogens with one attached hydrogen (secondary N) is 1. The molecule has 0 unspecified atom stereocenters. The zero-order chi connectivity index (χ0) is 13.1. The molecule has 2 heterocycles. The molecule has 96 valence electrons. The highest BCUT2D eigenvalue weighted by molar-refractivity contribution is 5.89. The number of fused-ring (bicyclic) bond motifs is 1. The van der Waals surface area contributed by atoms with Gasteiger partial charge >= 0.3 is 5.97 Å². The molecule has 0 aliphatic carbocycles. The van der Waals surface area contributed by atoms with Crippen molar-refractivity contribution >= 4 is 11.6 Å². The molecule has 2 N–H and O–H groups in total. The first kappa shape index (κ1) is 12.3. The van der Waals surface area contributed by atoms with Gasteiger partial charge in [-0.1, -0.05) is 0 Å². The summed E-state index contributed by atoms with van der Waals surface area (Å²) in [6.45, 7) is 1.66. The second kappa shape index (κ2) is 5.01. The lowest BCUT2D eigenvalue weighted by atomic mass is 10.1. The van der Waals surface area contributed by atoms with Crippen LogP contribution >= 0.6 is 0 Å². The van der Waals surface area contributed by atoms with Crippen LogP contribution in [0.5, 0.6) is 0 Å². The molecule has 0 saturated carbocycles. The standard InChI is InChI=1S/C11H13N3O4/c1-2-18-11(17)9-7(4-6-15)10(16)14-8(13-9)3-5-12-14/h3,5,13,15H,2,4,6H2,1H3. The molecular formula is C11H13N3O4. The fraction of sp³-hybridized carbons (Fsp3) is 0.364. The summed E-state index contributed by atoms with van der Waals surface area (Å²) in [5.74, 6) is -0.609. The van der Waals surface area contributed by atoms with Crippen molar-refractivity contribution in [2.24, 2.45) is 0 Å². The Morgan fingerprint density at radius 3 is 3.06 bits per heavy atom. The smallest absolute Gasteiger partial charge is 0.355 e. The molecule has 7 heteroatoms. The highest BCUT2D eigenvalue weighted by Gasteiger charge is 2.18. The van der Waals surface area contributed by atoms with Crippen molar-refractivity contribution in [2.45, 2.75) is 13.3 Å². The number of H-pyrrole nitrogens is 1. The second-order valence-electron chi connectivity index (χ2n) is 3.61. The molecule has 2 rings (SSSR count). The van der Waals surface area contributed by atoms with Gasteiger partial charge in [-0.2, -0.15) is 9.61 Å². The maximum Gasteiger partial charge on any atom is 0.355 e. The van der Waals surface area contributed by atoms with Crippen LogP contribution in [0.2, 0.25) is 0 Å². The fourth-order valence-corrected chi connectivity index (χ4v) is 1.72. The first-order chi connectivity index (χ1) is 8.69. The van der Waals surface area contributed by atoms with Crippen LogP contribution in [0, 0.1) is 0 Å². The highest BCUT2D eigenvalue weighted by Crippen LogP contribution is 2.07. The fourth-order valence-electron chi connectivity index (χ4n) is 1.72. The van der Waals surface area contributed by atoms with E-state index in [-0.39, 0.29) is 30.9 Å². The topological polar surface area (TPSA) is 96.7 Å². The molecule has 2 aromatic rings. The number of esters is 1. The van der Waals surface area contributed by atoms with Crippen molar-refractivity contribution in [3.8, 4) is 0 Å². The van der Waals surface area contributed by atoms with Crippen molar-refractivity contribution in [3.63, 3.8) is 0 Å².